The first-order chi connectivity index (χ1) is 12.3. The summed E-state index contributed by atoms with van der Waals surface area (Å²) in [5, 5.41) is 2.41. The Hall–Kier alpha value is -2.03. The maximum atomic E-state index is 12.3. The first-order valence-electron chi connectivity index (χ1n) is 7.83. The van der Waals surface area contributed by atoms with Gasteiger partial charge in [-0.05, 0) is 37.1 Å². The van der Waals surface area contributed by atoms with E-state index in [0.717, 1.165) is 16.8 Å². The largest absolute Gasteiger partial charge is 0.296 e. The van der Waals surface area contributed by atoms with Crippen molar-refractivity contribution in [2.75, 3.05) is 11.9 Å². The van der Waals surface area contributed by atoms with Crippen LogP contribution in [0.15, 0.2) is 28.5 Å². The SMILES string of the molecule is CC(=O)N(c1nc(/C=C2/SC(=S)N(C)C2=O)cs1)c1cccc(C)c1C. The smallest absolute Gasteiger partial charge is 0.265 e. The molecule has 26 heavy (non-hydrogen) atoms. The second-order valence-corrected chi connectivity index (χ2v) is 8.38. The molecule has 1 aliphatic rings. The number of carbonyl (C=O) groups excluding carboxylic acids is 2. The van der Waals surface area contributed by atoms with E-state index in [1.165, 1.54) is 34.9 Å². The van der Waals surface area contributed by atoms with Gasteiger partial charge < -0.3 is 0 Å². The highest BCUT2D eigenvalue weighted by Crippen LogP contribution is 2.35. The lowest BCUT2D eigenvalue weighted by Crippen LogP contribution is -2.23. The van der Waals surface area contributed by atoms with Crippen molar-refractivity contribution in [2.45, 2.75) is 20.8 Å². The lowest BCUT2D eigenvalue weighted by atomic mass is 10.1. The van der Waals surface area contributed by atoms with Crippen molar-refractivity contribution in [3.63, 3.8) is 0 Å². The van der Waals surface area contributed by atoms with E-state index in [1.807, 2.05) is 37.4 Å². The van der Waals surface area contributed by atoms with Crippen LogP contribution >= 0.6 is 35.3 Å². The fraction of sp³-hybridized carbons (Fsp3) is 0.222. The van der Waals surface area contributed by atoms with Crippen LogP contribution in [-0.2, 0) is 9.59 Å². The van der Waals surface area contributed by atoms with E-state index in [0.29, 0.717) is 20.1 Å². The van der Waals surface area contributed by atoms with Crippen LogP contribution in [0.25, 0.3) is 6.08 Å². The van der Waals surface area contributed by atoms with E-state index >= 15 is 0 Å². The molecule has 1 aromatic heterocycles. The Morgan fingerprint density at radius 1 is 1.35 bits per heavy atom. The van der Waals surface area contributed by atoms with Crippen LogP contribution in [0, 0.1) is 13.8 Å². The lowest BCUT2D eigenvalue weighted by Gasteiger charge is -2.21. The summed E-state index contributed by atoms with van der Waals surface area (Å²) in [6.45, 7) is 5.52. The van der Waals surface area contributed by atoms with Gasteiger partial charge in [0, 0.05) is 19.4 Å². The average Bonchev–Trinajstić information content (AvgIpc) is 3.13. The number of thiocarbonyl (C=S) groups is 1. The molecule has 1 aromatic carbocycles. The van der Waals surface area contributed by atoms with Gasteiger partial charge in [0.1, 0.15) is 4.32 Å². The zero-order valence-electron chi connectivity index (χ0n) is 14.8. The van der Waals surface area contributed by atoms with Crippen LogP contribution in [-0.4, -0.2) is 33.1 Å². The summed E-state index contributed by atoms with van der Waals surface area (Å²) in [7, 11) is 1.66. The van der Waals surface area contributed by atoms with Crippen molar-refractivity contribution >= 4 is 68.3 Å². The zero-order chi connectivity index (χ0) is 19.0. The first-order valence-corrected chi connectivity index (χ1v) is 9.94. The number of benzene rings is 1. The van der Waals surface area contributed by atoms with Crippen LogP contribution < -0.4 is 4.90 Å². The minimum absolute atomic E-state index is 0.112. The maximum Gasteiger partial charge on any atom is 0.265 e. The standard InChI is InChI=1S/C18H17N3O2S3/c1-10-6-5-7-14(11(10)2)21(12(3)22)17-19-13(9-25-17)8-15-16(23)20(4)18(24)26-15/h5-9H,1-4H3/b15-8+. The predicted molar refractivity (Wildman–Crippen MR) is 112 cm³/mol. The Balaban J connectivity index is 1.97. The monoisotopic (exact) mass is 403 g/mol. The summed E-state index contributed by atoms with van der Waals surface area (Å²) in [5.41, 5.74) is 3.59. The summed E-state index contributed by atoms with van der Waals surface area (Å²) in [6.07, 6.45) is 1.71. The molecule has 0 saturated carbocycles. The molecule has 0 atom stereocenters. The van der Waals surface area contributed by atoms with Crippen molar-refractivity contribution in [1.82, 2.24) is 9.88 Å². The molecule has 5 nitrogen and oxygen atoms in total. The Kier molecular flexibility index (Phi) is 5.27. The van der Waals surface area contributed by atoms with E-state index in [9.17, 15) is 9.59 Å². The van der Waals surface area contributed by atoms with Gasteiger partial charge in [0.25, 0.3) is 5.91 Å². The molecule has 0 spiro atoms. The summed E-state index contributed by atoms with van der Waals surface area (Å²) < 4.78 is 0.525. The molecular formula is C18H17N3O2S3. The molecule has 2 aromatic rings. The summed E-state index contributed by atoms with van der Waals surface area (Å²) in [6, 6.07) is 5.85. The first kappa shape index (κ1) is 18.8. The third kappa shape index (κ3) is 3.44. The van der Waals surface area contributed by atoms with Gasteiger partial charge in [0.05, 0.1) is 16.3 Å². The summed E-state index contributed by atoms with van der Waals surface area (Å²) in [5.74, 6) is -0.244. The van der Waals surface area contributed by atoms with Gasteiger partial charge in [-0.15, -0.1) is 11.3 Å². The Morgan fingerprint density at radius 3 is 2.69 bits per heavy atom. The van der Waals surface area contributed by atoms with Crippen molar-refractivity contribution in [2.24, 2.45) is 0 Å². The number of thioether (sulfide) groups is 1. The average molecular weight is 404 g/mol. The molecule has 0 radical (unpaired) electrons. The second-order valence-electron chi connectivity index (χ2n) is 5.87. The van der Waals surface area contributed by atoms with Crippen LogP contribution in [0.1, 0.15) is 23.7 Å². The number of nitrogens with zero attached hydrogens (tertiary/aromatic N) is 3. The van der Waals surface area contributed by atoms with E-state index in [2.05, 4.69) is 4.98 Å². The molecule has 0 aliphatic carbocycles. The van der Waals surface area contributed by atoms with Crippen LogP contribution in [0.2, 0.25) is 0 Å². The van der Waals surface area contributed by atoms with E-state index in [1.54, 1.807) is 18.0 Å². The molecule has 0 unspecified atom stereocenters. The Bertz CT molecular complexity index is 949. The van der Waals surface area contributed by atoms with Crippen LogP contribution in [0.3, 0.4) is 0 Å². The highest BCUT2D eigenvalue weighted by Gasteiger charge is 2.29. The quantitative estimate of drug-likeness (QED) is 0.566. The van der Waals surface area contributed by atoms with E-state index in [-0.39, 0.29) is 11.8 Å². The van der Waals surface area contributed by atoms with Gasteiger partial charge in [0.2, 0.25) is 5.91 Å². The lowest BCUT2D eigenvalue weighted by molar-refractivity contribution is -0.121. The minimum atomic E-state index is -0.132. The molecule has 134 valence electrons. The number of amides is 2. The molecule has 1 saturated heterocycles. The molecule has 0 N–H and O–H groups in total. The number of carbonyl (C=O) groups is 2. The molecule has 8 heteroatoms. The van der Waals surface area contributed by atoms with Crippen molar-refractivity contribution in [1.29, 1.82) is 0 Å². The summed E-state index contributed by atoms with van der Waals surface area (Å²) >= 11 is 7.76. The Labute approximate surface area is 165 Å². The van der Waals surface area contributed by atoms with Gasteiger partial charge >= 0.3 is 0 Å². The van der Waals surface area contributed by atoms with E-state index in [4.69, 9.17) is 12.2 Å². The molecule has 1 fully saturated rings. The minimum Gasteiger partial charge on any atom is -0.296 e. The number of rotatable bonds is 3. The molecule has 1 aliphatic heterocycles. The molecule has 2 heterocycles. The Morgan fingerprint density at radius 2 is 2.08 bits per heavy atom. The number of aryl methyl sites for hydroxylation is 1. The van der Waals surface area contributed by atoms with Gasteiger partial charge in [-0.3, -0.25) is 19.4 Å². The van der Waals surface area contributed by atoms with Gasteiger partial charge in [-0.1, -0.05) is 36.1 Å². The highest BCUT2D eigenvalue weighted by molar-refractivity contribution is 8.26. The fourth-order valence-corrected chi connectivity index (χ4v) is 4.51. The normalized spacial score (nSPS) is 15.8. The molecule has 2 amide bonds. The number of anilines is 2. The second kappa shape index (κ2) is 7.30. The van der Waals surface area contributed by atoms with Crippen LogP contribution in [0.5, 0.6) is 0 Å². The third-order valence-corrected chi connectivity index (χ3v) is 6.43. The van der Waals surface area contributed by atoms with E-state index < -0.39 is 0 Å². The topological polar surface area (TPSA) is 53.5 Å². The molecule has 3 rings (SSSR count). The summed E-state index contributed by atoms with van der Waals surface area (Å²) in [4.78, 5) is 32.6. The van der Waals surface area contributed by atoms with Gasteiger partial charge in [-0.25, -0.2) is 4.98 Å². The molecule has 0 bridgehead atoms. The number of likely N-dealkylation sites (N-methyl/N-ethyl adjacent to an activating group) is 1. The highest BCUT2D eigenvalue weighted by atomic mass is 32.2. The van der Waals surface area contributed by atoms with Gasteiger partial charge in [-0.2, -0.15) is 0 Å². The number of hydrogen-bond acceptors (Lipinski definition) is 6. The van der Waals surface area contributed by atoms with Gasteiger partial charge in [0.15, 0.2) is 5.13 Å². The van der Waals surface area contributed by atoms with Crippen LogP contribution in [0.4, 0.5) is 10.8 Å². The maximum absolute atomic E-state index is 12.3. The number of aromatic nitrogens is 1. The van der Waals surface area contributed by atoms with Crippen molar-refractivity contribution in [3.8, 4) is 0 Å². The fourth-order valence-electron chi connectivity index (χ4n) is 2.51. The third-order valence-electron chi connectivity index (χ3n) is 4.10. The predicted octanol–water partition coefficient (Wildman–Crippen LogP) is 4.28. The molecular weight excluding hydrogens is 386 g/mol. The van der Waals surface area contributed by atoms with Crippen molar-refractivity contribution in [3.05, 3.63) is 45.3 Å². The number of hydrogen-bond donors (Lipinski definition) is 0. The van der Waals surface area contributed by atoms with Crippen molar-refractivity contribution < 1.29 is 9.59 Å². The number of thiazole rings is 1. The zero-order valence-corrected chi connectivity index (χ0v) is 17.2.